The molecule has 0 saturated heterocycles. The third-order valence-electron chi connectivity index (χ3n) is 4.74. The van der Waals surface area contributed by atoms with Crippen molar-refractivity contribution in [3.8, 4) is 0 Å². The maximum absolute atomic E-state index is 12.4. The van der Waals surface area contributed by atoms with Crippen LogP contribution in [0.1, 0.15) is 48.4 Å². The van der Waals surface area contributed by atoms with E-state index in [4.69, 9.17) is 0 Å². The third kappa shape index (κ3) is 5.40. The highest BCUT2D eigenvalue weighted by molar-refractivity contribution is 7.89. The normalized spacial score (nSPS) is 12.6. The van der Waals surface area contributed by atoms with E-state index < -0.39 is 15.9 Å². The Balaban J connectivity index is 2.03. The summed E-state index contributed by atoms with van der Waals surface area (Å²) in [6.45, 7) is 9.69. The van der Waals surface area contributed by atoms with Gasteiger partial charge in [0.2, 0.25) is 15.9 Å². The van der Waals surface area contributed by atoms with E-state index in [0.29, 0.717) is 5.92 Å². The van der Waals surface area contributed by atoms with Gasteiger partial charge in [-0.25, -0.2) is 13.1 Å². The fourth-order valence-electron chi connectivity index (χ4n) is 3.02. The predicted octanol–water partition coefficient (Wildman–Crippen LogP) is 4.04. The van der Waals surface area contributed by atoms with Gasteiger partial charge in [0.05, 0.1) is 11.4 Å². The Morgan fingerprint density at radius 2 is 1.59 bits per heavy atom. The number of benzene rings is 2. The van der Waals surface area contributed by atoms with Crippen molar-refractivity contribution in [2.45, 2.75) is 51.9 Å². The first-order valence-corrected chi connectivity index (χ1v) is 10.6. The van der Waals surface area contributed by atoms with Crippen LogP contribution in [0.3, 0.4) is 0 Å². The molecule has 0 radical (unpaired) electrons. The molecule has 2 N–H and O–H groups in total. The van der Waals surface area contributed by atoms with E-state index >= 15 is 0 Å². The van der Waals surface area contributed by atoms with E-state index in [-0.39, 0.29) is 11.4 Å². The Morgan fingerprint density at radius 1 is 1.04 bits per heavy atom. The quantitative estimate of drug-likeness (QED) is 0.751. The number of rotatable bonds is 7. The smallest absolute Gasteiger partial charge is 0.241 e. The summed E-state index contributed by atoms with van der Waals surface area (Å²) in [6.07, 6.45) is 0.988. The number of carbonyl (C=O) groups is 1. The molecule has 0 spiro atoms. The molecule has 0 heterocycles. The average molecular weight is 389 g/mol. The lowest BCUT2D eigenvalue weighted by Crippen LogP contribution is -2.33. The van der Waals surface area contributed by atoms with Gasteiger partial charge in [0.1, 0.15) is 0 Å². The van der Waals surface area contributed by atoms with Gasteiger partial charge in [-0.3, -0.25) is 4.79 Å². The molecule has 1 amide bonds. The van der Waals surface area contributed by atoms with E-state index in [1.165, 1.54) is 0 Å². The summed E-state index contributed by atoms with van der Waals surface area (Å²) in [6, 6.07) is 10.8. The highest BCUT2D eigenvalue weighted by atomic mass is 32.2. The molecular formula is C21H28N2O3S. The lowest BCUT2D eigenvalue weighted by atomic mass is 9.99. The molecule has 146 valence electrons. The molecule has 0 saturated carbocycles. The molecule has 0 aliphatic rings. The SMILES string of the molecule is CCC(C)c1ccc(S(=O)(=O)NCC(=O)Nc2c(C)cc(C)cc2C)cc1. The Labute approximate surface area is 162 Å². The fraction of sp³-hybridized carbons (Fsp3) is 0.381. The summed E-state index contributed by atoms with van der Waals surface area (Å²) in [5.74, 6) is -0.0219. The highest BCUT2D eigenvalue weighted by Crippen LogP contribution is 2.22. The van der Waals surface area contributed by atoms with Crippen molar-refractivity contribution in [1.29, 1.82) is 0 Å². The summed E-state index contributed by atoms with van der Waals surface area (Å²) >= 11 is 0. The zero-order chi connectivity index (χ0) is 20.2. The third-order valence-corrected chi connectivity index (χ3v) is 6.15. The number of sulfonamides is 1. The Bertz CT molecular complexity index is 896. The molecule has 6 heteroatoms. The van der Waals surface area contributed by atoms with Gasteiger partial charge < -0.3 is 5.32 Å². The first kappa shape index (κ1) is 21.1. The van der Waals surface area contributed by atoms with Crippen LogP contribution < -0.4 is 10.0 Å². The Hall–Kier alpha value is -2.18. The molecular weight excluding hydrogens is 360 g/mol. The van der Waals surface area contributed by atoms with Gasteiger partial charge in [0, 0.05) is 5.69 Å². The zero-order valence-electron chi connectivity index (χ0n) is 16.6. The maximum atomic E-state index is 12.4. The van der Waals surface area contributed by atoms with Crippen molar-refractivity contribution >= 4 is 21.6 Å². The van der Waals surface area contributed by atoms with Crippen LogP contribution in [0.5, 0.6) is 0 Å². The molecule has 0 aliphatic heterocycles. The molecule has 0 fully saturated rings. The largest absolute Gasteiger partial charge is 0.324 e. The van der Waals surface area contributed by atoms with E-state index in [2.05, 4.69) is 23.9 Å². The molecule has 5 nitrogen and oxygen atoms in total. The topological polar surface area (TPSA) is 75.3 Å². The summed E-state index contributed by atoms with van der Waals surface area (Å²) in [4.78, 5) is 12.4. The van der Waals surface area contributed by atoms with Crippen LogP contribution in [0.4, 0.5) is 5.69 Å². The summed E-state index contributed by atoms with van der Waals surface area (Å²) in [5, 5.41) is 2.80. The summed E-state index contributed by atoms with van der Waals surface area (Å²) < 4.78 is 27.2. The highest BCUT2D eigenvalue weighted by Gasteiger charge is 2.17. The van der Waals surface area contributed by atoms with Crippen LogP contribution >= 0.6 is 0 Å². The van der Waals surface area contributed by atoms with Crippen molar-refractivity contribution < 1.29 is 13.2 Å². The van der Waals surface area contributed by atoms with Crippen molar-refractivity contribution in [2.75, 3.05) is 11.9 Å². The molecule has 27 heavy (non-hydrogen) atoms. The lowest BCUT2D eigenvalue weighted by Gasteiger charge is -2.14. The lowest BCUT2D eigenvalue weighted by molar-refractivity contribution is -0.115. The second-order valence-electron chi connectivity index (χ2n) is 7.02. The Kier molecular flexibility index (Phi) is 6.78. The van der Waals surface area contributed by atoms with Gasteiger partial charge >= 0.3 is 0 Å². The summed E-state index contributed by atoms with van der Waals surface area (Å²) in [7, 11) is -3.73. The minimum Gasteiger partial charge on any atom is -0.324 e. The molecule has 2 rings (SSSR count). The molecule has 1 unspecified atom stereocenters. The maximum Gasteiger partial charge on any atom is 0.241 e. The minimum absolute atomic E-state index is 0.157. The second-order valence-corrected chi connectivity index (χ2v) is 8.79. The molecule has 0 bridgehead atoms. The van der Waals surface area contributed by atoms with Crippen molar-refractivity contribution in [3.63, 3.8) is 0 Å². The summed E-state index contributed by atoms with van der Waals surface area (Å²) in [5.41, 5.74) is 4.83. The zero-order valence-corrected chi connectivity index (χ0v) is 17.4. The van der Waals surface area contributed by atoms with Crippen LogP contribution in [0.25, 0.3) is 0 Å². The number of amides is 1. The van der Waals surface area contributed by atoms with E-state index in [0.717, 1.165) is 34.4 Å². The van der Waals surface area contributed by atoms with Crippen LogP contribution in [0.15, 0.2) is 41.3 Å². The van der Waals surface area contributed by atoms with Crippen LogP contribution in [0.2, 0.25) is 0 Å². The van der Waals surface area contributed by atoms with Crippen LogP contribution in [-0.4, -0.2) is 20.9 Å². The van der Waals surface area contributed by atoms with Crippen LogP contribution in [0, 0.1) is 20.8 Å². The molecule has 2 aromatic carbocycles. The van der Waals surface area contributed by atoms with Gasteiger partial charge in [-0.05, 0) is 61.9 Å². The molecule has 1 atom stereocenters. The van der Waals surface area contributed by atoms with E-state index in [1.54, 1.807) is 12.1 Å². The standard InChI is InChI=1S/C21H28N2O3S/c1-6-15(3)18-7-9-19(10-8-18)27(25,26)22-13-20(24)23-21-16(4)11-14(2)12-17(21)5/h7-12,15,22H,6,13H2,1-5H3,(H,23,24). The number of carbonyl (C=O) groups excluding carboxylic acids is 1. The number of nitrogens with one attached hydrogen (secondary N) is 2. The van der Waals surface area contributed by atoms with Gasteiger partial charge in [0.15, 0.2) is 0 Å². The fourth-order valence-corrected chi connectivity index (χ4v) is 4.00. The van der Waals surface area contributed by atoms with Crippen molar-refractivity contribution in [1.82, 2.24) is 4.72 Å². The van der Waals surface area contributed by atoms with Gasteiger partial charge in [0.25, 0.3) is 0 Å². The Morgan fingerprint density at radius 3 is 2.11 bits per heavy atom. The second kappa shape index (κ2) is 8.67. The number of aryl methyl sites for hydroxylation is 3. The average Bonchev–Trinajstić information content (AvgIpc) is 2.62. The van der Waals surface area contributed by atoms with Gasteiger partial charge in [-0.15, -0.1) is 0 Å². The number of anilines is 1. The molecule has 0 aliphatic carbocycles. The first-order chi connectivity index (χ1) is 12.6. The van der Waals surface area contributed by atoms with Gasteiger partial charge in [-0.1, -0.05) is 43.7 Å². The monoisotopic (exact) mass is 388 g/mol. The van der Waals surface area contributed by atoms with Crippen molar-refractivity contribution in [3.05, 3.63) is 58.7 Å². The number of hydrogen-bond donors (Lipinski definition) is 2. The van der Waals surface area contributed by atoms with Crippen molar-refractivity contribution in [2.24, 2.45) is 0 Å². The number of hydrogen-bond acceptors (Lipinski definition) is 3. The van der Waals surface area contributed by atoms with E-state index in [1.807, 2.05) is 45.0 Å². The predicted molar refractivity (Wildman–Crippen MR) is 110 cm³/mol. The van der Waals surface area contributed by atoms with E-state index in [9.17, 15) is 13.2 Å². The first-order valence-electron chi connectivity index (χ1n) is 9.11. The van der Waals surface area contributed by atoms with Crippen LogP contribution in [-0.2, 0) is 14.8 Å². The molecule has 2 aromatic rings. The van der Waals surface area contributed by atoms with Gasteiger partial charge in [-0.2, -0.15) is 0 Å². The molecule has 0 aromatic heterocycles. The minimum atomic E-state index is -3.73.